The van der Waals surface area contributed by atoms with Gasteiger partial charge >= 0.3 is 0 Å². The van der Waals surface area contributed by atoms with Crippen molar-refractivity contribution in [2.45, 2.75) is 161 Å². The van der Waals surface area contributed by atoms with E-state index in [9.17, 15) is 33.6 Å². The van der Waals surface area contributed by atoms with E-state index in [2.05, 4.69) is 31.6 Å². The largest absolute Gasteiger partial charge is 0.351 e. The minimum absolute atomic E-state index is 0.00863. The molecule has 0 unspecified atom stereocenters. The van der Waals surface area contributed by atoms with Crippen LogP contribution in [0.25, 0.3) is 10.9 Å². The Hall–Kier alpha value is -4.55. The Balaban J connectivity index is 1.25. The molecule has 3 aliphatic rings. The molecule has 0 radical (unpaired) electrons. The monoisotopic (exact) mass is 774 g/mol. The summed E-state index contributed by atoms with van der Waals surface area (Å²) in [6.45, 7) is 8.97. The Bertz CT molecular complexity index is 1770. The maximum atomic E-state index is 14.3. The van der Waals surface area contributed by atoms with Gasteiger partial charge in [0.05, 0.1) is 11.6 Å². The molecule has 5 rings (SSSR count). The molecule has 0 saturated heterocycles. The standard InChI is InChI=1S/C43H62N6O7/c1-6-14-32(37(52)41(55)44-28-22-23-28)45-33(51)24-21-26-15-10-12-19-30(26)47-42(56)38(43(3,4)5)49-39(53)35(27-16-8-7-9-17-27)48-40(54)36-34(25(2)50)29-18-11-13-20-31(29)46-36/h11,13,18,20,26-28,30,32,35,38,46H,6-10,12,14-17,19,21-24H2,1-5H3,(H,44,55)(H,45,51)(H,47,56)(H,48,54)(H,49,53)/t26-,30-,32-,35-,38+/m0/s1. The smallest absolute Gasteiger partial charge is 0.289 e. The van der Waals surface area contributed by atoms with Gasteiger partial charge in [-0.05, 0) is 81.6 Å². The fourth-order valence-corrected chi connectivity index (χ4v) is 8.46. The summed E-state index contributed by atoms with van der Waals surface area (Å²) in [6.07, 6.45) is 11.2. The molecule has 1 aromatic carbocycles. The second-order valence-corrected chi connectivity index (χ2v) is 17.4. The van der Waals surface area contributed by atoms with Crippen LogP contribution in [0.15, 0.2) is 24.3 Å². The van der Waals surface area contributed by atoms with Crippen molar-refractivity contribution in [3.8, 4) is 0 Å². The van der Waals surface area contributed by atoms with Gasteiger partial charge in [-0.2, -0.15) is 0 Å². The Morgan fingerprint density at radius 2 is 1.48 bits per heavy atom. The molecule has 3 aliphatic carbocycles. The maximum Gasteiger partial charge on any atom is 0.289 e. The molecular weight excluding hydrogens is 713 g/mol. The van der Waals surface area contributed by atoms with E-state index in [1.165, 1.54) is 6.92 Å². The number of hydrogen-bond donors (Lipinski definition) is 6. The number of amides is 5. The van der Waals surface area contributed by atoms with Crippen LogP contribution in [0, 0.1) is 17.3 Å². The molecule has 0 spiro atoms. The van der Waals surface area contributed by atoms with Gasteiger partial charge < -0.3 is 31.6 Å². The van der Waals surface area contributed by atoms with Gasteiger partial charge in [0.15, 0.2) is 5.78 Å². The van der Waals surface area contributed by atoms with E-state index in [0.717, 1.165) is 70.6 Å². The summed E-state index contributed by atoms with van der Waals surface area (Å²) in [6, 6.07) is 4.32. The predicted molar refractivity (Wildman–Crippen MR) is 214 cm³/mol. The van der Waals surface area contributed by atoms with Crippen LogP contribution in [0.3, 0.4) is 0 Å². The Labute approximate surface area is 330 Å². The number of hydrogen-bond acceptors (Lipinski definition) is 7. The second-order valence-electron chi connectivity index (χ2n) is 17.4. The summed E-state index contributed by atoms with van der Waals surface area (Å²) in [5, 5.41) is 15.4. The van der Waals surface area contributed by atoms with E-state index in [1.807, 2.05) is 33.8 Å². The lowest BCUT2D eigenvalue weighted by atomic mass is 9.80. The van der Waals surface area contributed by atoms with E-state index in [-0.39, 0.29) is 59.2 Å². The van der Waals surface area contributed by atoms with Crippen LogP contribution in [0.5, 0.6) is 0 Å². The maximum absolute atomic E-state index is 14.3. The molecule has 5 amide bonds. The van der Waals surface area contributed by atoms with Crippen molar-refractivity contribution >= 4 is 52.0 Å². The predicted octanol–water partition coefficient (Wildman–Crippen LogP) is 5.17. The summed E-state index contributed by atoms with van der Waals surface area (Å²) in [4.78, 5) is 96.5. The average Bonchev–Trinajstić information content (AvgIpc) is 3.89. The fourth-order valence-electron chi connectivity index (χ4n) is 8.46. The van der Waals surface area contributed by atoms with Crippen molar-refractivity contribution in [2.24, 2.45) is 17.3 Å². The molecule has 306 valence electrons. The van der Waals surface area contributed by atoms with Crippen molar-refractivity contribution in [3.05, 3.63) is 35.5 Å². The van der Waals surface area contributed by atoms with Crippen LogP contribution in [0.4, 0.5) is 0 Å². The van der Waals surface area contributed by atoms with E-state index in [4.69, 9.17) is 0 Å². The first-order chi connectivity index (χ1) is 26.7. The number of carbonyl (C=O) groups excluding carboxylic acids is 7. The van der Waals surface area contributed by atoms with Gasteiger partial charge in [0.25, 0.3) is 11.8 Å². The van der Waals surface area contributed by atoms with Gasteiger partial charge in [0.2, 0.25) is 23.5 Å². The zero-order valence-corrected chi connectivity index (χ0v) is 33.8. The summed E-state index contributed by atoms with van der Waals surface area (Å²) in [7, 11) is 0. The minimum atomic E-state index is -0.924. The lowest BCUT2D eigenvalue weighted by Crippen LogP contribution is -2.61. The van der Waals surface area contributed by atoms with Gasteiger partial charge in [-0.15, -0.1) is 0 Å². The zero-order valence-electron chi connectivity index (χ0n) is 33.8. The summed E-state index contributed by atoms with van der Waals surface area (Å²) >= 11 is 0. The van der Waals surface area contributed by atoms with Gasteiger partial charge in [-0.25, -0.2) is 0 Å². The van der Waals surface area contributed by atoms with Gasteiger partial charge in [0.1, 0.15) is 17.8 Å². The second kappa shape index (κ2) is 19.1. The number of para-hydroxylation sites is 1. The molecule has 56 heavy (non-hydrogen) atoms. The van der Waals surface area contributed by atoms with E-state index >= 15 is 0 Å². The number of carbonyl (C=O) groups is 7. The highest BCUT2D eigenvalue weighted by Gasteiger charge is 2.40. The zero-order chi connectivity index (χ0) is 40.6. The van der Waals surface area contributed by atoms with Gasteiger partial charge in [-0.3, -0.25) is 33.6 Å². The summed E-state index contributed by atoms with van der Waals surface area (Å²) in [5.74, 6) is -3.28. The number of ketones is 2. The van der Waals surface area contributed by atoms with Crippen molar-refractivity contribution in [2.75, 3.05) is 0 Å². The third kappa shape index (κ3) is 11.1. The highest BCUT2D eigenvalue weighted by molar-refractivity contribution is 6.38. The molecule has 13 heteroatoms. The molecule has 3 fully saturated rings. The third-order valence-electron chi connectivity index (χ3n) is 11.7. The quantitative estimate of drug-likeness (QED) is 0.0943. The van der Waals surface area contributed by atoms with Crippen LogP contribution >= 0.6 is 0 Å². The van der Waals surface area contributed by atoms with Crippen LogP contribution in [-0.4, -0.2) is 76.3 Å². The number of aromatic nitrogens is 1. The lowest BCUT2D eigenvalue weighted by molar-refractivity contribution is -0.140. The molecule has 2 aromatic rings. The number of Topliss-reactive ketones (excluding diaryl/α,β-unsaturated/α-hetero) is 2. The first-order valence-electron chi connectivity index (χ1n) is 20.8. The first-order valence-corrected chi connectivity index (χ1v) is 20.8. The Kier molecular flexibility index (Phi) is 14.5. The normalized spacial score (nSPS) is 20.6. The summed E-state index contributed by atoms with van der Waals surface area (Å²) in [5.41, 5.74) is 0.354. The lowest BCUT2D eigenvalue weighted by Gasteiger charge is -2.37. The summed E-state index contributed by atoms with van der Waals surface area (Å²) < 4.78 is 0. The Morgan fingerprint density at radius 1 is 0.804 bits per heavy atom. The average molecular weight is 775 g/mol. The van der Waals surface area contributed by atoms with Crippen molar-refractivity contribution in [3.63, 3.8) is 0 Å². The van der Waals surface area contributed by atoms with Crippen molar-refractivity contribution < 1.29 is 33.6 Å². The molecule has 5 atom stereocenters. The van der Waals surface area contributed by atoms with Crippen molar-refractivity contribution in [1.82, 2.24) is 31.6 Å². The number of fused-ring (bicyclic) bond motifs is 1. The van der Waals surface area contributed by atoms with Crippen molar-refractivity contribution in [1.29, 1.82) is 0 Å². The highest BCUT2D eigenvalue weighted by Crippen LogP contribution is 2.31. The molecular formula is C43H62N6O7. The number of aromatic amines is 1. The third-order valence-corrected chi connectivity index (χ3v) is 11.7. The molecule has 13 nitrogen and oxygen atoms in total. The number of rotatable bonds is 17. The molecule has 0 aliphatic heterocycles. The SMILES string of the molecule is CCC[C@H](NC(=O)CC[C@@H]1CCCC[C@@H]1NC(=O)[C@@H](NC(=O)[C@@H](NC(=O)c1[nH]c2ccccc2c1C(C)=O)C1CCCCC1)C(C)(C)C)C(=O)C(=O)NC1CC1. The molecule has 0 bridgehead atoms. The van der Waals surface area contributed by atoms with Crippen LogP contribution in [0.1, 0.15) is 152 Å². The fraction of sp³-hybridized carbons (Fsp3) is 0.651. The Morgan fingerprint density at radius 3 is 2.14 bits per heavy atom. The molecule has 6 N–H and O–H groups in total. The topological polar surface area (TPSA) is 195 Å². The van der Waals surface area contributed by atoms with Crippen LogP contribution in [-0.2, 0) is 24.0 Å². The van der Waals surface area contributed by atoms with E-state index in [0.29, 0.717) is 30.2 Å². The number of benzene rings is 1. The highest BCUT2D eigenvalue weighted by atomic mass is 16.2. The number of nitrogens with one attached hydrogen (secondary N) is 6. The molecule has 3 saturated carbocycles. The first kappa shape index (κ1) is 42.6. The molecule has 1 aromatic heterocycles. The van der Waals surface area contributed by atoms with Crippen LogP contribution < -0.4 is 26.6 Å². The minimum Gasteiger partial charge on any atom is -0.351 e. The van der Waals surface area contributed by atoms with Gasteiger partial charge in [-0.1, -0.05) is 84.4 Å². The van der Waals surface area contributed by atoms with E-state index < -0.39 is 47.0 Å². The van der Waals surface area contributed by atoms with Gasteiger partial charge in [0, 0.05) is 29.4 Å². The number of H-pyrrole nitrogens is 1. The molecule has 1 heterocycles. The van der Waals surface area contributed by atoms with E-state index in [1.54, 1.807) is 18.2 Å². The van der Waals surface area contributed by atoms with Crippen LogP contribution in [0.2, 0.25) is 0 Å².